The summed E-state index contributed by atoms with van der Waals surface area (Å²) < 4.78 is 2.15. The van der Waals surface area contributed by atoms with Gasteiger partial charge in [0.1, 0.15) is 0 Å². The van der Waals surface area contributed by atoms with Crippen LogP contribution in [0, 0.1) is 0 Å². The summed E-state index contributed by atoms with van der Waals surface area (Å²) in [4.78, 5) is 22.4. The Morgan fingerprint density at radius 3 is 2.78 bits per heavy atom. The monoisotopic (exact) mass is 368 g/mol. The van der Waals surface area contributed by atoms with E-state index in [1.807, 2.05) is 24.5 Å². The highest BCUT2D eigenvalue weighted by Gasteiger charge is 2.28. The van der Waals surface area contributed by atoms with Crippen LogP contribution in [0.3, 0.4) is 0 Å². The van der Waals surface area contributed by atoms with Crippen molar-refractivity contribution in [1.29, 1.82) is 0 Å². The molecular formula is C22H32N4O. The lowest BCUT2D eigenvalue weighted by atomic mass is 9.98. The van der Waals surface area contributed by atoms with E-state index in [1.165, 1.54) is 38.8 Å². The topological polar surface area (TPSA) is 41.4 Å². The molecule has 146 valence electrons. The van der Waals surface area contributed by atoms with Gasteiger partial charge in [-0.1, -0.05) is 12.1 Å². The van der Waals surface area contributed by atoms with Crippen molar-refractivity contribution < 1.29 is 4.79 Å². The van der Waals surface area contributed by atoms with Gasteiger partial charge in [0.05, 0.1) is 17.4 Å². The lowest BCUT2D eigenvalue weighted by Crippen LogP contribution is -2.45. The van der Waals surface area contributed by atoms with E-state index in [-0.39, 0.29) is 6.04 Å². The van der Waals surface area contributed by atoms with Crippen molar-refractivity contribution in [3.05, 3.63) is 30.6 Å². The van der Waals surface area contributed by atoms with Crippen LogP contribution in [0.15, 0.2) is 30.6 Å². The molecule has 5 heteroatoms. The van der Waals surface area contributed by atoms with E-state index < -0.39 is 0 Å². The fourth-order valence-electron chi connectivity index (χ4n) is 4.76. The van der Waals surface area contributed by atoms with Crippen molar-refractivity contribution in [3.8, 4) is 0 Å². The van der Waals surface area contributed by atoms with Gasteiger partial charge in [0.2, 0.25) is 5.91 Å². The molecule has 2 aromatic rings. The molecule has 2 saturated heterocycles. The molecule has 1 amide bonds. The third-order valence-electron chi connectivity index (χ3n) is 6.35. The highest BCUT2D eigenvalue weighted by atomic mass is 16.2. The molecule has 4 rings (SSSR count). The maximum absolute atomic E-state index is 13.1. The van der Waals surface area contributed by atoms with E-state index in [4.69, 9.17) is 0 Å². The number of amides is 1. The fourth-order valence-corrected chi connectivity index (χ4v) is 4.76. The number of piperidine rings is 1. The first-order valence-corrected chi connectivity index (χ1v) is 10.7. The molecule has 0 unspecified atom stereocenters. The Labute approximate surface area is 162 Å². The van der Waals surface area contributed by atoms with E-state index in [0.717, 1.165) is 37.0 Å². The molecule has 0 bridgehead atoms. The molecule has 0 N–H and O–H groups in total. The molecule has 0 radical (unpaired) electrons. The quantitative estimate of drug-likeness (QED) is 0.778. The van der Waals surface area contributed by atoms with Gasteiger partial charge in [-0.2, -0.15) is 0 Å². The van der Waals surface area contributed by atoms with Gasteiger partial charge in [-0.15, -0.1) is 0 Å². The highest BCUT2D eigenvalue weighted by molar-refractivity contribution is 5.78. The lowest BCUT2D eigenvalue weighted by Gasteiger charge is -2.37. The van der Waals surface area contributed by atoms with Crippen molar-refractivity contribution >= 4 is 16.9 Å². The fraction of sp³-hybridized carbons (Fsp3) is 0.636. The van der Waals surface area contributed by atoms with Crippen LogP contribution in [0.1, 0.15) is 57.9 Å². The van der Waals surface area contributed by atoms with Crippen LogP contribution >= 0.6 is 0 Å². The van der Waals surface area contributed by atoms with E-state index in [9.17, 15) is 4.79 Å². The Morgan fingerprint density at radius 1 is 1.15 bits per heavy atom. The zero-order valence-corrected chi connectivity index (χ0v) is 16.5. The molecule has 27 heavy (non-hydrogen) atoms. The molecule has 2 aliphatic rings. The third-order valence-corrected chi connectivity index (χ3v) is 6.35. The normalized spacial score (nSPS) is 22.4. The van der Waals surface area contributed by atoms with Gasteiger partial charge in [-0.3, -0.25) is 4.79 Å². The minimum absolute atomic E-state index is 0.131. The number of likely N-dealkylation sites (tertiary alicyclic amines) is 2. The molecule has 5 nitrogen and oxygen atoms in total. The molecule has 1 aromatic heterocycles. The zero-order valence-electron chi connectivity index (χ0n) is 16.5. The minimum Gasteiger partial charge on any atom is -0.340 e. The van der Waals surface area contributed by atoms with E-state index >= 15 is 0 Å². The Kier molecular flexibility index (Phi) is 5.77. The van der Waals surface area contributed by atoms with Crippen LogP contribution in [0.4, 0.5) is 0 Å². The smallest absolute Gasteiger partial charge is 0.224 e. The van der Waals surface area contributed by atoms with Crippen molar-refractivity contribution in [2.45, 2.75) is 64.0 Å². The number of carbonyl (C=O) groups excluding carboxylic acids is 1. The number of hydrogen-bond acceptors (Lipinski definition) is 3. The molecular weight excluding hydrogens is 336 g/mol. The second-order valence-electron chi connectivity index (χ2n) is 8.27. The lowest BCUT2D eigenvalue weighted by molar-refractivity contribution is -0.135. The number of nitrogens with zero attached hydrogens (tertiary/aromatic N) is 4. The molecule has 0 aliphatic carbocycles. The van der Waals surface area contributed by atoms with E-state index in [2.05, 4.69) is 32.3 Å². The van der Waals surface area contributed by atoms with Crippen LogP contribution < -0.4 is 0 Å². The van der Waals surface area contributed by atoms with E-state index in [0.29, 0.717) is 18.4 Å². The molecule has 2 atom stereocenters. The first-order valence-electron chi connectivity index (χ1n) is 10.7. The van der Waals surface area contributed by atoms with Crippen LogP contribution in [0.2, 0.25) is 0 Å². The Bertz CT molecular complexity index is 765. The summed E-state index contributed by atoms with van der Waals surface area (Å²) in [6, 6.07) is 8.72. The number of para-hydroxylation sites is 2. The summed E-state index contributed by atoms with van der Waals surface area (Å²) >= 11 is 0. The number of rotatable bonds is 6. The maximum atomic E-state index is 13.1. The third kappa shape index (κ3) is 4.18. The molecule has 0 saturated carbocycles. The average molecular weight is 369 g/mol. The second kappa shape index (κ2) is 8.42. The summed E-state index contributed by atoms with van der Waals surface area (Å²) in [6.45, 7) is 6.70. The van der Waals surface area contributed by atoms with Crippen LogP contribution in [-0.2, 0) is 4.79 Å². The maximum Gasteiger partial charge on any atom is 0.224 e. The number of aromatic nitrogens is 2. The first-order chi connectivity index (χ1) is 13.2. The predicted molar refractivity (Wildman–Crippen MR) is 109 cm³/mol. The number of imidazole rings is 1. The summed E-state index contributed by atoms with van der Waals surface area (Å²) in [7, 11) is 0. The molecule has 0 spiro atoms. The van der Waals surface area contributed by atoms with Crippen LogP contribution in [-0.4, -0.2) is 57.5 Å². The SMILES string of the molecule is C[C@H](CC(=O)N1CCCC[C@@H]1CCN1CCCC1)n1cnc2ccccc21. The summed E-state index contributed by atoms with van der Waals surface area (Å²) in [5.74, 6) is 0.311. The Morgan fingerprint density at radius 2 is 1.93 bits per heavy atom. The van der Waals surface area contributed by atoms with Gasteiger partial charge in [-0.05, 0) is 70.7 Å². The summed E-state index contributed by atoms with van der Waals surface area (Å²) in [6.07, 6.45) is 9.82. The van der Waals surface area contributed by atoms with Gasteiger partial charge in [-0.25, -0.2) is 4.98 Å². The Hall–Kier alpha value is -1.88. The molecule has 2 aliphatic heterocycles. The molecule has 3 heterocycles. The average Bonchev–Trinajstić information content (AvgIpc) is 3.36. The van der Waals surface area contributed by atoms with Gasteiger partial charge in [0, 0.05) is 31.6 Å². The molecule has 2 fully saturated rings. The number of hydrogen-bond donors (Lipinski definition) is 0. The Balaban J connectivity index is 1.39. The zero-order chi connectivity index (χ0) is 18.6. The van der Waals surface area contributed by atoms with Gasteiger partial charge >= 0.3 is 0 Å². The molecule has 1 aromatic carbocycles. The predicted octanol–water partition coefficient (Wildman–Crippen LogP) is 3.85. The van der Waals surface area contributed by atoms with E-state index in [1.54, 1.807) is 0 Å². The van der Waals surface area contributed by atoms with Crippen molar-refractivity contribution in [2.75, 3.05) is 26.2 Å². The number of carbonyl (C=O) groups is 1. The number of fused-ring (bicyclic) bond motifs is 1. The largest absolute Gasteiger partial charge is 0.340 e. The van der Waals surface area contributed by atoms with Crippen molar-refractivity contribution in [1.82, 2.24) is 19.4 Å². The van der Waals surface area contributed by atoms with Crippen LogP contribution in [0.25, 0.3) is 11.0 Å². The van der Waals surface area contributed by atoms with Crippen molar-refractivity contribution in [2.24, 2.45) is 0 Å². The summed E-state index contributed by atoms with van der Waals surface area (Å²) in [5, 5.41) is 0. The minimum atomic E-state index is 0.131. The van der Waals surface area contributed by atoms with Crippen molar-refractivity contribution in [3.63, 3.8) is 0 Å². The number of benzene rings is 1. The second-order valence-corrected chi connectivity index (χ2v) is 8.27. The van der Waals surface area contributed by atoms with Gasteiger partial charge in [0.15, 0.2) is 0 Å². The standard InChI is InChI=1S/C22H32N4O/c1-18(26-17-23-20-9-2-3-10-21(20)26)16-22(27)25-14-5-4-8-19(25)11-15-24-12-6-7-13-24/h2-3,9-10,17-19H,4-8,11-16H2,1H3/t18-,19-/m1/s1. The summed E-state index contributed by atoms with van der Waals surface area (Å²) in [5.41, 5.74) is 2.11. The first kappa shape index (κ1) is 18.5. The highest BCUT2D eigenvalue weighted by Crippen LogP contribution is 2.25. The van der Waals surface area contributed by atoms with Gasteiger partial charge in [0.25, 0.3) is 0 Å². The van der Waals surface area contributed by atoms with Crippen LogP contribution in [0.5, 0.6) is 0 Å². The van der Waals surface area contributed by atoms with Gasteiger partial charge < -0.3 is 14.4 Å².